The summed E-state index contributed by atoms with van der Waals surface area (Å²) < 4.78 is 166. The zero-order valence-corrected chi connectivity index (χ0v) is 40.0. The molecule has 0 bridgehead atoms. The highest BCUT2D eigenvalue weighted by Crippen LogP contribution is 2.44. The maximum Gasteiger partial charge on any atom is 0.416 e. The second-order valence-corrected chi connectivity index (χ2v) is 19.5. The lowest BCUT2D eigenvalue weighted by Gasteiger charge is -2.24. The quantitative estimate of drug-likeness (QED) is 0.140. The van der Waals surface area contributed by atoms with Gasteiger partial charge in [-0.25, -0.2) is 0 Å². The fraction of sp³-hybridized carbons (Fsp3) is 0.129. The molecular formula is C62H41F12N. The van der Waals surface area contributed by atoms with Crippen molar-refractivity contribution in [2.75, 3.05) is 0 Å². The molecule has 0 saturated heterocycles. The minimum atomic E-state index is -4.59. The summed E-state index contributed by atoms with van der Waals surface area (Å²) in [5.74, 6) is 0. The third kappa shape index (κ3) is 10.2. The van der Waals surface area contributed by atoms with Gasteiger partial charge in [-0.15, -0.1) is 0 Å². The summed E-state index contributed by atoms with van der Waals surface area (Å²) in [6.07, 6.45) is -18.3. The Morgan fingerprint density at radius 1 is 0.267 bits per heavy atom. The fourth-order valence-electron chi connectivity index (χ4n) is 9.61. The summed E-state index contributed by atoms with van der Waals surface area (Å²) in [5.41, 5.74) is 6.20. The molecule has 0 saturated carbocycles. The molecule has 0 unspecified atom stereocenters. The monoisotopic (exact) mass is 1030 g/mol. The number of hydrogen-bond donors (Lipinski definition) is 0. The molecule has 13 heteroatoms. The highest BCUT2D eigenvalue weighted by molar-refractivity contribution is 6.12. The minimum absolute atomic E-state index is 0.319. The van der Waals surface area contributed by atoms with Crippen LogP contribution in [-0.2, 0) is 30.1 Å². The van der Waals surface area contributed by atoms with Crippen molar-refractivity contribution in [3.05, 3.63) is 222 Å². The lowest BCUT2D eigenvalue weighted by molar-refractivity contribution is -0.138. The van der Waals surface area contributed by atoms with Crippen LogP contribution in [0.5, 0.6) is 0 Å². The largest absolute Gasteiger partial charge is 0.416 e. The molecule has 1 heterocycles. The molecule has 378 valence electrons. The first-order valence-corrected chi connectivity index (χ1v) is 23.5. The molecule has 0 aliphatic rings. The van der Waals surface area contributed by atoms with Gasteiger partial charge in [-0.05, 0) is 193 Å². The molecule has 0 spiro atoms. The number of para-hydroxylation sites is 1. The molecule has 75 heavy (non-hydrogen) atoms. The van der Waals surface area contributed by atoms with E-state index in [1.807, 2.05) is 78.9 Å². The molecule has 0 N–H and O–H groups in total. The predicted molar refractivity (Wildman–Crippen MR) is 272 cm³/mol. The van der Waals surface area contributed by atoms with E-state index in [1.165, 1.54) is 48.5 Å². The summed E-state index contributed by atoms with van der Waals surface area (Å²) in [5, 5.41) is 1.54. The Labute approximate surface area is 423 Å². The van der Waals surface area contributed by atoms with Crippen LogP contribution in [0.25, 0.3) is 94.3 Å². The van der Waals surface area contributed by atoms with Crippen LogP contribution >= 0.6 is 0 Å². The van der Waals surface area contributed by atoms with Gasteiger partial charge in [-0.1, -0.05) is 99.6 Å². The molecule has 0 atom stereocenters. The minimum Gasteiger partial charge on any atom is -0.309 e. The smallest absolute Gasteiger partial charge is 0.309 e. The maximum absolute atomic E-state index is 13.7. The van der Waals surface area contributed by atoms with Crippen molar-refractivity contribution in [1.82, 2.24) is 4.57 Å². The van der Waals surface area contributed by atoms with E-state index in [4.69, 9.17) is 0 Å². The first kappa shape index (κ1) is 50.5. The number of nitrogens with zero attached hydrogens (tertiary/aromatic N) is 1. The first-order valence-electron chi connectivity index (χ1n) is 23.5. The number of alkyl halides is 12. The van der Waals surface area contributed by atoms with Gasteiger partial charge in [-0.3, -0.25) is 0 Å². The van der Waals surface area contributed by atoms with Crippen LogP contribution in [0.15, 0.2) is 194 Å². The van der Waals surface area contributed by atoms with Crippen molar-refractivity contribution < 1.29 is 52.7 Å². The Kier molecular flexibility index (Phi) is 12.4. The summed E-state index contributed by atoms with van der Waals surface area (Å²) in [6.45, 7) is 6.31. The van der Waals surface area contributed by atoms with Crippen molar-refractivity contribution in [3.63, 3.8) is 0 Å². The van der Waals surface area contributed by atoms with E-state index in [0.29, 0.717) is 66.8 Å². The number of rotatable bonds is 7. The Morgan fingerprint density at radius 2 is 0.520 bits per heavy atom. The molecular weight excluding hydrogens is 987 g/mol. The van der Waals surface area contributed by atoms with Gasteiger partial charge in [0.05, 0.1) is 33.3 Å². The zero-order chi connectivity index (χ0) is 53.4. The number of halogens is 12. The molecule has 10 rings (SSSR count). The molecule has 1 aromatic heterocycles. The molecule has 0 fully saturated rings. The van der Waals surface area contributed by atoms with Gasteiger partial charge in [0, 0.05) is 16.5 Å². The van der Waals surface area contributed by atoms with Gasteiger partial charge < -0.3 is 4.57 Å². The Morgan fingerprint density at radius 3 is 0.787 bits per heavy atom. The maximum atomic E-state index is 13.7. The second kappa shape index (κ2) is 18.4. The number of benzene rings is 9. The van der Waals surface area contributed by atoms with Crippen LogP contribution in [0.1, 0.15) is 48.6 Å². The van der Waals surface area contributed by atoms with E-state index in [2.05, 4.69) is 31.4 Å². The molecule has 10 aromatic rings. The SMILES string of the molecule is CC(C)(C)c1ccccc1-n1c2ccc(-c3cc(-c4ccc(C(F)(F)F)cc4)cc(-c4ccc(C(F)(F)F)cc4)c3)cc2c2cc(-c3cc(-c4ccc(C(F)(F)F)cc4)cc(-c4ccc(C(F)(F)F)cc4)c3)ccc21. The van der Waals surface area contributed by atoms with E-state index in [0.717, 1.165) is 81.6 Å². The lowest BCUT2D eigenvalue weighted by Crippen LogP contribution is -2.15. The van der Waals surface area contributed by atoms with Crippen molar-refractivity contribution in [2.24, 2.45) is 0 Å². The van der Waals surface area contributed by atoms with E-state index in [9.17, 15) is 52.7 Å². The average molecular weight is 1030 g/mol. The molecule has 0 radical (unpaired) electrons. The van der Waals surface area contributed by atoms with Crippen LogP contribution in [0.2, 0.25) is 0 Å². The highest BCUT2D eigenvalue weighted by atomic mass is 19.4. The molecule has 1 nitrogen and oxygen atoms in total. The average Bonchev–Trinajstić information content (AvgIpc) is 3.71. The van der Waals surface area contributed by atoms with Crippen LogP contribution in [0.4, 0.5) is 52.7 Å². The normalized spacial score (nSPS) is 12.7. The second-order valence-electron chi connectivity index (χ2n) is 19.5. The summed E-state index contributed by atoms with van der Waals surface area (Å²) in [7, 11) is 0. The Bertz CT molecular complexity index is 3380. The third-order valence-electron chi connectivity index (χ3n) is 13.4. The molecule has 9 aromatic carbocycles. The van der Waals surface area contributed by atoms with Gasteiger partial charge >= 0.3 is 24.7 Å². The zero-order valence-electron chi connectivity index (χ0n) is 40.0. The summed E-state index contributed by atoms with van der Waals surface area (Å²) in [6, 6.07) is 48.9. The van der Waals surface area contributed by atoms with E-state index in [-0.39, 0.29) is 5.41 Å². The van der Waals surface area contributed by atoms with E-state index >= 15 is 0 Å². The number of aromatic nitrogens is 1. The third-order valence-corrected chi connectivity index (χ3v) is 13.4. The van der Waals surface area contributed by atoms with Crippen molar-refractivity contribution in [1.29, 1.82) is 0 Å². The van der Waals surface area contributed by atoms with E-state index < -0.39 is 47.0 Å². The standard InChI is InChI=1S/C62H41F12N/c1-58(2,3)54-6-4-5-7-57(54)75-55-26-16-40(46-30-42(36-8-18-48(19-9-36)59(63,64)65)28-43(31-46)37-10-20-49(21-11-37)60(66,67)68)34-52(55)53-35-41(17-27-56(53)75)47-32-44(38-12-22-50(23-13-38)61(69,70)71)29-45(33-47)39-14-24-51(25-15-39)62(72,73)74/h4-35H,1-3H3. The van der Waals surface area contributed by atoms with E-state index in [1.54, 1.807) is 12.1 Å². The molecule has 0 aliphatic carbocycles. The molecule has 0 aliphatic heterocycles. The Balaban J connectivity index is 1.19. The Hall–Kier alpha value is -8.06. The molecule has 0 amide bonds. The first-order chi connectivity index (χ1) is 35.3. The lowest BCUT2D eigenvalue weighted by atomic mass is 9.85. The number of hydrogen-bond acceptors (Lipinski definition) is 0. The topological polar surface area (TPSA) is 4.93 Å². The highest BCUT2D eigenvalue weighted by Gasteiger charge is 2.33. The summed E-state index contributed by atoms with van der Waals surface area (Å²) in [4.78, 5) is 0. The predicted octanol–water partition coefficient (Wildman–Crippen LogP) is 20.2. The van der Waals surface area contributed by atoms with Crippen molar-refractivity contribution in [2.45, 2.75) is 50.9 Å². The van der Waals surface area contributed by atoms with Gasteiger partial charge in [0.2, 0.25) is 0 Å². The van der Waals surface area contributed by atoms with Crippen LogP contribution in [-0.4, -0.2) is 4.57 Å². The van der Waals surface area contributed by atoms with Gasteiger partial charge in [-0.2, -0.15) is 52.7 Å². The number of fused-ring (bicyclic) bond motifs is 3. The van der Waals surface area contributed by atoms with Gasteiger partial charge in [0.15, 0.2) is 0 Å². The van der Waals surface area contributed by atoms with Gasteiger partial charge in [0.25, 0.3) is 0 Å². The van der Waals surface area contributed by atoms with Crippen LogP contribution in [0.3, 0.4) is 0 Å². The summed E-state index contributed by atoms with van der Waals surface area (Å²) >= 11 is 0. The fourth-order valence-corrected chi connectivity index (χ4v) is 9.61. The van der Waals surface area contributed by atoms with Gasteiger partial charge in [0.1, 0.15) is 0 Å². The van der Waals surface area contributed by atoms with Crippen molar-refractivity contribution >= 4 is 21.8 Å². The van der Waals surface area contributed by atoms with Crippen molar-refractivity contribution in [3.8, 4) is 72.4 Å². The van der Waals surface area contributed by atoms with Crippen LogP contribution < -0.4 is 0 Å². The van der Waals surface area contributed by atoms with Crippen LogP contribution in [0, 0.1) is 0 Å².